The van der Waals surface area contributed by atoms with E-state index in [1.54, 1.807) is 21.3 Å². The average Bonchev–Trinajstić information content (AvgIpc) is 3.36. The summed E-state index contributed by atoms with van der Waals surface area (Å²) in [6.07, 6.45) is 6.51. The number of rotatable bonds is 17. The Morgan fingerprint density at radius 3 is 1.52 bits per heavy atom. The summed E-state index contributed by atoms with van der Waals surface area (Å²) in [6, 6.07) is 17.3. The molecule has 4 N–H and O–H groups in total. The molecular weight excluding hydrogens is 841 g/mol. The van der Waals surface area contributed by atoms with Gasteiger partial charge in [-0.05, 0) is 156 Å². The maximum absolute atomic E-state index is 5.23. The van der Waals surface area contributed by atoms with Crippen LogP contribution in [0.3, 0.4) is 0 Å². The molecule has 5 aliphatic heterocycles. The highest BCUT2D eigenvalue weighted by atomic mass is 16.5. The Balaban J connectivity index is 0.000000223. The lowest BCUT2D eigenvalue weighted by atomic mass is 9.97. The third-order valence-electron chi connectivity index (χ3n) is 13.6. The van der Waals surface area contributed by atoms with Crippen molar-refractivity contribution >= 4 is 11.4 Å². The third-order valence-corrected chi connectivity index (χ3v) is 13.6. The quantitative estimate of drug-likeness (QED) is 0.175. The average molecular weight is 941 g/mol. The van der Waals surface area contributed by atoms with Crippen LogP contribution in [0.5, 0.6) is 11.5 Å². The minimum absolute atomic E-state index is 0.759. The van der Waals surface area contributed by atoms with Gasteiger partial charge >= 0.3 is 0 Å². The van der Waals surface area contributed by atoms with E-state index in [4.69, 9.17) is 14.2 Å². The van der Waals surface area contributed by atoms with Crippen LogP contribution in [-0.2, 0) is 4.74 Å². The van der Waals surface area contributed by atoms with Crippen LogP contribution in [0, 0.1) is 5.92 Å². The number of methoxy groups -OCH3 is 3. The summed E-state index contributed by atoms with van der Waals surface area (Å²) in [5.41, 5.74) is 2.56. The van der Waals surface area contributed by atoms with Gasteiger partial charge in [0, 0.05) is 148 Å². The van der Waals surface area contributed by atoms with Gasteiger partial charge in [0.15, 0.2) is 0 Å². The summed E-state index contributed by atoms with van der Waals surface area (Å²) in [5.74, 6) is 2.77. The number of nitrogens with zero attached hydrogens (tertiary/aromatic N) is 8. The molecule has 0 bridgehead atoms. The lowest BCUT2D eigenvalue weighted by Crippen LogP contribution is -2.44. The van der Waals surface area contributed by atoms with E-state index in [1.807, 2.05) is 38.4 Å². The first-order valence-corrected chi connectivity index (χ1v) is 25.7. The van der Waals surface area contributed by atoms with E-state index in [0.29, 0.717) is 0 Å². The number of piperazine rings is 3. The first kappa shape index (κ1) is 58.5. The normalized spacial score (nSPS) is 19.7. The van der Waals surface area contributed by atoms with Crippen LogP contribution in [0.2, 0.25) is 0 Å². The van der Waals surface area contributed by atoms with Gasteiger partial charge in [0.2, 0.25) is 0 Å². The van der Waals surface area contributed by atoms with Crippen molar-refractivity contribution < 1.29 is 14.2 Å². The predicted molar refractivity (Wildman–Crippen MR) is 285 cm³/mol. The van der Waals surface area contributed by atoms with Gasteiger partial charge in [0.25, 0.3) is 0 Å². The molecular formula is C52H100N12O3. The molecule has 15 heteroatoms. The highest BCUT2D eigenvalue weighted by molar-refractivity contribution is 5.51. The van der Waals surface area contributed by atoms with E-state index in [-0.39, 0.29) is 0 Å². The highest BCUT2D eigenvalue weighted by Crippen LogP contribution is 2.22. The van der Waals surface area contributed by atoms with Gasteiger partial charge in [-0.15, -0.1) is 0 Å². The Labute approximate surface area is 410 Å². The fourth-order valence-electron chi connectivity index (χ4n) is 8.63. The summed E-state index contributed by atoms with van der Waals surface area (Å²) in [4.78, 5) is 19.3. The van der Waals surface area contributed by atoms with Crippen LogP contribution in [0.1, 0.15) is 32.1 Å². The van der Waals surface area contributed by atoms with E-state index in [9.17, 15) is 0 Å². The van der Waals surface area contributed by atoms with Gasteiger partial charge in [-0.3, -0.25) is 0 Å². The molecule has 2 aromatic carbocycles. The number of hydrogen-bond donors (Lipinski definition) is 4. The van der Waals surface area contributed by atoms with Crippen molar-refractivity contribution in [3.05, 3.63) is 48.5 Å². The fraction of sp³-hybridized carbons (Fsp3) is 0.769. The molecule has 15 nitrogen and oxygen atoms in total. The molecule has 0 amide bonds. The summed E-state index contributed by atoms with van der Waals surface area (Å²) in [7, 11) is 20.1. The molecule has 386 valence electrons. The molecule has 0 unspecified atom stereocenters. The topological polar surface area (TPSA) is 102 Å². The molecule has 7 rings (SSSR count). The lowest BCUT2D eigenvalue weighted by Gasteiger charge is -2.34. The maximum Gasteiger partial charge on any atom is 0.120 e. The summed E-state index contributed by atoms with van der Waals surface area (Å²) in [5, 5.41) is 13.3. The van der Waals surface area contributed by atoms with Crippen molar-refractivity contribution in [1.82, 2.24) is 50.7 Å². The number of nitrogens with one attached hydrogen (secondary N) is 4. The monoisotopic (exact) mass is 941 g/mol. The molecule has 0 spiro atoms. The minimum Gasteiger partial charge on any atom is -0.497 e. The zero-order valence-corrected chi connectivity index (χ0v) is 44.4. The number of hydrogen-bond acceptors (Lipinski definition) is 15. The molecule has 0 aromatic heterocycles. The lowest BCUT2D eigenvalue weighted by molar-refractivity contribution is 0.131. The fourth-order valence-corrected chi connectivity index (χ4v) is 8.63. The Bertz CT molecular complexity index is 1410. The van der Waals surface area contributed by atoms with Crippen LogP contribution in [-0.4, -0.2) is 257 Å². The molecule has 0 aliphatic carbocycles. The smallest absolute Gasteiger partial charge is 0.120 e. The number of piperidine rings is 2. The number of anilines is 2. The van der Waals surface area contributed by atoms with Gasteiger partial charge in [0.1, 0.15) is 11.5 Å². The third kappa shape index (κ3) is 26.1. The Kier molecular flexibility index (Phi) is 31.6. The van der Waals surface area contributed by atoms with Gasteiger partial charge < -0.3 is 74.7 Å². The van der Waals surface area contributed by atoms with Crippen LogP contribution in [0.4, 0.5) is 11.4 Å². The molecule has 5 fully saturated rings. The van der Waals surface area contributed by atoms with Crippen LogP contribution >= 0.6 is 0 Å². The second-order valence-corrected chi connectivity index (χ2v) is 19.2. The molecule has 0 radical (unpaired) electrons. The van der Waals surface area contributed by atoms with Crippen molar-refractivity contribution in [2.75, 3.05) is 231 Å². The largest absolute Gasteiger partial charge is 0.497 e. The second-order valence-electron chi connectivity index (χ2n) is 19.2. The Morgan fingerprint density at radius 1 is 0.507 bits per heavy atom. The molecule has 5 aliphatic rings. The summed E-state index contributed by atoms with van der Waals surface area (Å²) >= 11 is 0. The Hall–Kier alpha value is -2.80. The second kappa shape index (κ2) is 36.2. The number of ether oxygens (including phenoxy) is 3. The van der Waals surface area contributed by atoms with E-state index in [1.165, 1.54) is 109 Å². The van der Waals surface area contributed by atoms with Crippen LogP contribution < -0.4 is 40.5 Å². The summed E-state index contributed by atoms with van der Waals surface area (Å²) in [6.45, 7) is 26.6. The van der Waals surface area contributed by atoms with E-state index in [2.05, 4.69) is 120 Å². The minimum atomic E-state index is 0.759. The molecule has 5 heterocycles. The zero-order chi connectivity index (χ0) is 48.5. The molecule has 2 aromatic rings. The van der Waals surface area contributed by atoms with Crippen molar-refractivity contribution in [1.29, 1.82) is 0 Å². The SMILES string of the molecule is CNCCNC1CCN(C)CC1.CNCCNCC1CCN(C)CC1.COCCCN1CCN(C)CC1.COc1ccc(N2CCN(C)CC2)cc1.COc1cccc(N2CCN(C)CC2)c1. The number of likely N-dealkylation sites (tertiary alicyclic amines) is 2. The van der Waals surface area contributed by atoms with Crippen LogP contribution in [0.25, 0.3) is 0 Å². The standard InChI is InChI=1S/2C12H18N2O.C10H23N3.C9H21N3.C9H20N2O/c1-13-7-9-14(10-8-13)11-3-5-12(15-2)6-4-11;1-13-6-8-14(9-7-13)11-4-3-5-12(10-11)15-2;1-11-5-6-12-9-10-3-7-13(2)8-4-10;1-10-5-6-11-9-3-7-12(2)8-4-9;1-10-5-7-11(8-6-10)4-3-9-12-2/h3-6H,7-10H2,1-2H3;3-5,10H,6-9H2,1-2H3;10-12H,3-9H2,1-2H3;9-11H,3-8H2,1-2H3;3-9H2,1-2H3. The van der Waals surface area contributed by atoms with Crippen molar-refractivity contribution in [2.45, 2.75) is 38.1 Å². The van der Waals surface area contributed by atoms with Gasteiger partial charge in [-0.2, -0.15) is 0 Å². The summed E-state index contributed by atoms with van der Waals surface area (Å²) < 4.78 is 15.4. The Morgan fingerprint density at radius 2 is 1.00 bits per heavy atom. The molecule has 0 atom stereocenters. The van der Waals surface area contributed by atoms with Crippen molar-refractivity contribution in [3.63, 3.8) is 0 Å². The number of benzene rings is 2. The molecule has 5 saturated heterocycles. The highest BCUT2D eigenvalue weighted by Gasteiger charge is 2.18. The van der Waals surface area contributed by atoms with Gasteiger partial charge in [0.05, 0.1) is 14.2 Å². The van der Waals surface area contributed by atoms with Crippen molar-refractivity contribution in [2.24, 2.45) is 5.92 Å². The zero-order valence-electron chi connectivity index (χ0n) is 44.4. The first-order chi connectivity index (χ1) is 32.6. The van der Waals surface area contributed by atoms with E-state index in [0.717, 1.165) is 109 Å². The maximum atomic E-state index is 5.23. The molecule has 0 saturated carbocycles. The van der Waals surface area contributed by atoms with Gasteiger partial charge in [-0.1, -0.05) is 6.07 Å². The van der Waals surface area contributed by atoms with E-state index < -0.39 is 0 Å². The first-order valence-electron chi connectivity index (χ1n) is 25.7. The molecule has 67 heavy (non-hydrogen) atoms. The van der Waals surface area contributed by atoms with Crippen molar-refractivity contribution in [3.8, 4) is 11.5 Å². The van der Waals surface area contributed by atoms with E-state index >= 15 is 0 Å². The van der Waals surface area contributed by atoms with Crippen LogP contribution in [0.15, 0.2) is 48.5 Å². The predicted octanol–water partition coefficient (Wildman–Crippen LogP) is 3.19. The van der Waals surface area contributed by atoms with Gasteiger partial charge in [-0.25, -0.2) is 0 Å². The number of likely N-dealkylation sites (N-methyl/N-ethyl adjacent to an activating group) is 5.